The third kappa shape index (κ3) is 4.02. The molecular weight excluding hydrogens is 314 g/mol. The van der Waals surface area contributed by atoms with Crippen molar-refractivity contribution in [1.82, 2.24) is 0 Å². The van der Waals surface area contributed by atoms with Gasteiger partial charge in [-0.1, -0.05) is 13.0 Å². The van der Waals surface area contributed by atoms with Gasteiger partial charge in [-0.2, -0.15) is 0 Å². The Morgan fingerprint density at radius 2 is 1.88 bits per heavy atom. The topological polar surface area (TPSA) is 51.5 Å². The summed E-state index contributed by atoms with van der Waals surface area (Å²) in [6.45, 7) is 7.40. The zero-order valence-electron chi connectivity index (χ0n) is 14.9. The molecule has 1 N–H and O–H groups in total. The van der Waals surface area contributed by atoms with Crippen LogP contribution in [-0.4, -0.2) is 6.61 Å². The van der Waals surface area contributed by atoms with Gasteiger partial charge in [0.2, 0.25) is 0 Å². The Bertz CT molecular complexity index is 944. The Morgan fingerprint density at radius 1 is 1.08 bits per heavy atom. The zero-order valence-corrected chi connectivity index (χ0v) is 14.9. The van der Waals surface area contributed by atoms with Crippen LogP contribution in [0.15, 0.2) is 51.7 Å². The van der Waals surface area contributed by atoms with E-state index >= 15 is 0 Å². The Morgan fingerprint density at radius 3 is 2.68 bits per heavy atom. The van der Waals surface area contributed by atoms with Crippen molar-refractivity contribution in [1.29, 1.82) is 0 Å². The van der Waals surface area contributed by atoms with Crippen molar-refractivity contribution in [2.75, 3.05) is 11.9 Å². The molecule has 1 heterocycles. The van der Waals surface area contributed by atoms with Gasteiger partial charge in [0.1, 0.15) is 11.3 Å². The molecule has 4 heteroatoms. The van der Waals surface area contributed by atoms with E-state index in [1.165, 1.54) is 5.56 Å². The Balaban J connectivity index is 1.86. The van der Waals surface area contributed by atoms with Crippen molar-refractivity contribution < 1.29 is 9.15 Å². The monoisotopic (exact) mass is 337 g/mol. The van der Waals surface area contributed by atoms with E-state index in [4.69, 9.17) is 9.15 Å². The summed E-state index contributed by atoms with van der Waals surface area (Å²) >= 11 is 0. The quantitative estimate of drug-likeness (QED) is 0.656. The highest BCUT2D eigenvalue weighted by molar-refractivity contribution is 5.82. The minimum atomic E-state index is -0.326. The van der Waals surface area contributed by atoms with Gasteiger partial charge in [0.25, 0.3) is 0 Å². The Kier molecular flexibility index (Phi) is 5.08. The van der Waals surface area contributed by atoms with E-state index in [-0.39, 0.29) is 5.63 Å². The average Bonchev–Trinajstić information content (AvgIpc) is 2.60. The fourth-order valence-electron chi connectivity index (χ4n) is 2.74. The number of aryl methyl sites for hydroxylation is 2. The van der Waals surface area contributed by atoms with E-state index in [2.05, 4.69) is 25.2 Å². The first kappa shape index (κ1) is 17.1. The van der Waals surface area contributed by atoms with Crippen LogP contribution < -0.4 is 15.7 Å². The van der Waals surface area contributed by atoms with Crippen LogP contribution in [0.4, 0.5) is 5.69 Å². The van der Waals surface area contributed by atoms with Crippen LogP contribution in [0.2, 0.25) is 0 Å². The van der Waals surface area contributed by atoms with E-state index in [0.717, 1.165) is 34.4 Å². The largest absolute Gasteiger partial charge is 0.494 e. The first-order chi connectivity index (χ1) is 12.1. The summed E-state index contributed by atoms with van der Waals surface area (Å²) in [4.78, 5) is 11.9. The van der Waals surface area contributed by atoms with E-state index in [9.17, 15) is 4.79 Å². The van der Waals surface area contributed by atoms with Crippen molar-refractivity contribution in [3.63, 3.8) is 0 Å². The molecule has 0 unspecified atom stereocenters. The number of benzene rings is 2. The summed E-state index contributed by atoms with van der Waals surface area (Å²) in [5.74, 6) is 0.843. The second kappa shape index (κ2) is 7.43. The van der Waals surface area contributed by atoms with Crippen molar-refractivity contribution in [3.05, 3.63) is 69.6 Å². The molecule has 0 atom stereocenters. The SMILES string of the molecule is CCCOc1cccc(NCc2cc(=O)oc3cc(C)c(C)cc23)c1. The fourth-order valence-corrected chi connectivity index (χ4v) is 2.74. The molecule has 0 fully saturated rings. The summed E-state index contributed by atoms with van der Waals surface area (Å²) in [5.41, 5.74) is 4.48. The fraction of sp³-hybridized carbons (Fsp3) is 0.286. The summed E-state index contributed by atoms with van der Waals surface area (Å²) in [6, 6.07) is 13.4. The molecule has 0 radical (unpaired) electrons. The lowest BCUT2D eigenvalue weighted by Gasteiger charge is -2.11. The lowest BCUT2D eigenvalue weighted by molar-refractivity contribution is 0.317. The maximum Gasteiger partial charge on any atom is 0.336 e. The highest BCUT2D eigenvalue weighted by Gasteiger charge is 2.08. The normalized spacial score (nSPS) is 10.8. The molecular formula is C21H23NO3. The molecule has 0 spiro atoms. The Labute approximate surface area is 147 Å². The van der Waals surface area contributed by atoms with E-state index in [0.29, 0.717) is 18.7 Å². The molecule has 4 nitrogen and oxygen atoms in total. The van der Waals surface area contributed by atoms with Gasteiger partial charge in [-0.3, -0.25) is 0 Å². The van der Waals surface area contributed by atoms with Crippen molar-refractivity contribution in [3.8, 4) is 5.75 Å². The molecule has 0 saturated carbocycles. The van der Waals surface area contributed by atoms with E-state index < -0.39 is 0 Å². The number of anilines is 1. The van der Waals surface area contributed by atoms with Crippen molar-refractivity contribution in [2.45, 2.75) is 33.7 Å². The standard InChI is InChI=1S/C21H23NO3/c1-4-8-24-18-7-5-6-17(12-18)22-13-16-11-21(23)25-20-10-15(3)14(2)9-19(16)20/h5-7,9-12,22H,4,8,13H2,1-3H3. The molecule has 0 bridgehead atoms. The molecule has 3 rings (SSSR count). The number of fused-ring (bicyclic) bond motifs is 1. The number of hydrogen-bond acceptors (Lipinski definition) is 4. The van der Waals surface area contributed by atoms with Crippen LogP contribution in [0, 0.1) is 13.8 Å². The maximum atomic E-state index is 11.9. The van der Waals surface area contributed by atoms with Gasteiger partial charge >= 0.3 is 5.63 Å². The van der Waals surface area contributed by atoms with Gasteiger partial charge < -0.3 is 14.5 Å². The Hall–Kier alpha value is -2.75. The lowest BCUT2D eigenvalue weighted by Crippen LogP contribution is -2.06. The lowest BCUT2D eigenvalue weighted by atomic mass is 10.0. The number of rotatable bonds is 6. The van der Waals surface area contributed by atoms with Crippen LogP contribution in [0.5, 0.6) is 5.75 Å². The summed E-state index contributed by atoms with van der Waals surface area (Å²) in [6.07, 6.45) is 0.974. The second-order valence-corrected chi connectivity index (χ2v) is 6.25. The summed E-state index contributed by atoms with van der Waals surface area (Å²) in [7, 11) is 0. The van der Waals surface area contributed by atoms with Crippen LogP contribution in [-0.2, 0) is 6.54 Å². The molecule has 25 heavy (non-hydrogen) atoms. The summed E-state index contributed by atoms with van der Waals surface area (Å²) < 4.78 is 11.0. The molecule has 130 valence electrons. The van der Waals surface area contributed by atoms with Gasteiger partial charge in [0.15, 0.2) is 0 Å². The highest BCUT2D eigenvalue weighted by Crippen LogP contribution is 2.23. The first-order valence-corrected chi connectivity index (χ1v) is 8.57. The number of hydrogen-bond donors (Lipinski definition) is 1. The smallest absolute Gasteiger partial charge is 0.336 e. The van der Waals surface area contributed by atoms with Crippen molar-refractivity contribution >= 4 is 16.7 Å². The second-order valence-electron chi connectivity index (χ2n) is 6.25. The van der Waals surface area contributed by atoms with Gasteiger partial charge in [-0.25, -0.2) is 4.79 Å². The minimum Gasteiger partial charge on any atom is -0.494 e. The minimum absolute atomic E-state index is 0.326. The maximum absolute atomic E-state index is 11.9. The third-order valence-corrected chi connectivity index (χ3v) is 4.23. The molecule has 0 saturated heterocycles. The molecule has 1 aromatic heterocycles. The molecule has 0 amide bonds. The third-order valence-electron chi connectivity index (χ3n) is 4.23. The first-order valence-electron chi connectivity index (χ1n) is 8.57. The summed E-state index contributed by atoms with van der Waals surface area (Å²) in [5, 5.41) is 4.34. The molecule has 0 aliphatic rings. The van der Waals surface area contributed by atoms with Gasteiger partial charge in [-0.15, -0.1) is 0 Å². The predicted octanol–water partition coefficient (Wildman–Crippen LogP) is 4.81. The number of nitrogens with one attached hydrogen (secondary N) is 1. The van der Waals surface area contributed by atoms with Gasteiger partial charge in [-0.05, 0) is 61.2 Å². The molecule has 2 aromatic carbocycles. The molecule has 3 aromatic rings. The zero-order chi connectivity index (χ0) is 17.8. The molecule has 0 aliphatic carbocycles. The van der Waals surface area contributed by atoms with Crippen LogP contribution in [0.25, 0.3) is 11.0 Å². The predicted molar refractivity (Wildman–Crippen MR) is 102 cm³/mol. The van der Waals surface area contributed by atoms with Crippen molar-refractivity contribution in [2.24, 2.45) is 0 Å². The number of ether oxygens (including phenoxy) is 1. The van der Waals surface area contributed by atoms with Crippen LogP contribution >= 0.6 is 0 Å². The molecule has 0 aliphatic heterocycles. The highest BCUT2D eigenvalue weighted by atomic mass is 16.5. The van der Waals surface area contributed by atoms with Crippen LogP contribution in [0.1, 0.15) is 30.0 Å². The van der Waals surface area contributed by atoms with E-state index in [1.54, 1.807) is 6.07 Å². The van der Waals surface area contributed by atoms with E-state index in [1.807, 2.05) is 37.3 Å². The van der Waals surface area contributed by atoms with Gasteiger partial charge in [0.05, 0.1) is 6.61 Å². The average molecular weight is 337 g/mol. The van der Waals surface area contributed by atoms with Crippen LogP contribution in [0.3, 0.4) is 0 Å². The van der Waals surface area contributed by atoms with Gasteiger partial charge in [0, 0.05) is 29.8 Å².